The number of H-pyrrole nitrogens is 1. The molecule has 7 rings (SSSR count). The monoisotopic (exact) mass is 913 g/mol. The first kappa shape index (κ1) is 47.6. The summed E-state index contributed by atoms with van der Waals surface area (Å²) in [6.45, 7) is 11.2. The number of aromatic nitrogens is 1. The number of aromatic amines is 1. The van der Waals surface area contributed by atoms with E-state index in [1.165, 1.54) is 18.2 Å². The summed E-state index contributed by atoms with van der Waals surface area (Å²) >= 11 is 0. The molecule has 2 fully saturated rings. The minimum Gasteiger partial charge on any atom is -0.382 e. The predicted molar refractivity (Wildman–Crippen MR) is 240 cm³/mol. The Labute approximate surface area is 381 Å². The number of carbonyl (C=O) groups excluding carboxylic acids is 7. The Morgan fingerprint density at radius 2 is 1.53 bits per heavy atom. The van der Waals surface area contributed by atoms with E-state index in [1.807, 2.05) is 13.8 Å². The first-order valence-electron chi connectivity index (χ1n) is 22.2. The fraction of sp³-hybridized carbons (Fsp3) is 0.457. The van der Waals surface area contributed by atoms with Gasteiger partial charge in [-0.1, -0.05) is 6.07 Å². The molecule has 2 aromatic carbocycles. The average molecular weight is 914 g/mol. The number of halogens is 1. The Morgan fingerprint density at radius 1 is 0.818 bits per heavy atom. The zero-order valence-electron chi connectivity index (χ0n) is 37.1. The molecule has 5 heterocycles. The second-order valence-corrected chi connectivity index (χ2v) is 16.4. The van der Waals surface area contributed by atoms with Crippen molar-refractivity contribution in [3.05, 3.63) is 81.4 Å². The first-order valence-corrected chi connectivity index (χ1v) is 22.2. The number of imide groups is 2. The fourth-order valence-corrected chi connectivity index (χ4v) is 8.45. The Kier molecular flexibility index (Phi) is 16.1. The van der Waals surface area contributed by atoms with Crippen LogP contribution in [0.2, 0.25) is 0 Å². The SMILES string of the molecule is Cc1[nH]c(/C=C2\C(=O)Nc3ccc(F)cc32)c(C)c1C(=O)NCCCN1CCN(CC(=O)NCCOCCOCCOCCNc2cccc3c2C(=O)N(C2CCC(=O)NC2=O)C3=O)CC1. The van der Waals surface area contributed by atoms with E-state index in [4.69, 9.17) is 14.2 Å². The van der Waals surface area contributed by atoms with E-state index in [1.54, 1.807) is 24.3 Å². The molecule has 4 aliphatic heterocycles. The molecule has 20 heteroatoms. The van der Waals surface area contributed by atoms with Gasteiger partial charge < -0.3 is 45.4 Å². The molecule has 4 aliphatic rings. The first-order chi connectivity index (χ1) is 31.9. The van der Waals surface area contributed by atoms with Crippen LogP contribution >= 0.6 is 0 Å². The Balaban J connectivity index is 0.680. The summed E-state index contributed by atoms with van der Waals surface area (Å²) in [4.78, 5) is 97.0. The van der Waals surface area contributed by atoms with Crippen LogP contribution in [0.3, 0.4) is 0 Å². The summed E-state index contributed by atoms with van der Waals surface area (Å²) in [5, 5.41) is 14.0. The van der Waals surface area contributed by atoms with Crippen molar-refractivity contribution in [2.45, 2.75) is 39.2 Å². The quantitative estimate of drug-likeness (QED) is 0.0480. The normalized spacial score (nSPS) is 18.1. The van der Waals surface area contributed by atoms with E-state index in [2.05, 4.69) is 41.4 Å². The molecule has 1 atom stereocenters. The van der Waals surface area contributed by atoms with Gasteiger partial charge in [0.25, 0.3) is 23.6 Å². The van der Waals surface area contributed by atoms with Gasteiger partial charge in [0, 0.05) is 80.6 Å². The fourth-order valence-electron chi connectivity index (χ4n) is 8.45. The number of piperidine rings is 1. The topological polar surface area (TPSA) is 233 Å². The molecule has 2 saturated heterocycles. The molecular weight excluding hydrogens is 858 g/mol. The molecule has 6 N–H and O–H groups in total. The highest BCUT2D eigenvalue weighted by atomic mass is 19.1. The Hall–Kier alpha value is -6.32. The number of piperazine rings is 1. The maximum absolute atomic E-state index is 13.9. The number of aryl methyl sites for hydroxylation is 1. The molecule has 3 aromatic rings. The van der Waals surface area contributed by atoms with Gasteiger partial charge in [-0.2, -0.15) is 0 Å². The standard InChI is InChI=1S/C46H56FN9O10/c1-28-36(26-33-32-25-30(47)7-8-34(32)52-42(33)59)51-29(2)40(28)44(61)50-11-4-14-54-15-17-55(18-16-54)27-39(58)49-13-20-65-22-24-66-23-21-64-19-12-48-35-6-3-5-31-41(35)46(63)56(45(31)62)37-9-10-38(57)53-43(37)60/h3,5-8,25-26,37,48,51H,4,9-24,27H2,1-2H3,(H,49,58)(H,50,61)(H,52,59)(H,53,57,60)/b33-26-. The number of benzene rings is 2. The molecule has 352 valence electrons. The Morgan fingerprint density at radius 3 is 2.27 bits per heavy atom. The van der Waals surface area contributed by atoms with Gasteiger partial charge in [0.1, 0.15) is 11.9 Å². The van der Waals surface area contributed by atoms with Crippen LogP contribution in [-0.2, 0) is 33.4 Å². The van der Waals surface area contributed by atoms with Gasteiger partial charge in [-0.05, 0) is 75.2 Å². The second kappa shape index (κ2) is 22.2. The third kappa shape index (κ3) is 11.5. The largest absolute Gasteiger partial charge is 0.382 e. The molecule has 19 nitrogen and oxygen atoms in total. The van der Waals surface area contributed by atoms with Crippen molar-refractivity contribution in [1.29, 1.82) is 0 Å². The van der Waals surface area contributed by atoms with Crippen LogP contribution in [0.1, 0.15) is 72.9 Å². The molecular formula is C46H56FN9O10. The summed E-state index contributed by atoms with van der Waals surface area (Å²) in [5.74, 6) is -3.26. The van der Waals surface area contributed by atoms with Crippen molar-refractivity contribution >= 4 is 64.4 Å². The summed E-state index contributed by atoms with van der Waals surface area (Å²) < 4.78 is 30.7. The van der Waals surface area contributed by atoms with Crippen LogP contribution in [0.15, 0.2) is 36.4 Å². The van der Waals surface area contributed by atoms with Crippen LogP contribution in [-0.4, -0.2) is 166 Å². The lowest BCUT2D eigenvalue weighted by molar-refractivity contribution is -0.136. The summed E-state index contributed by atoms with van der Waals surface area (Å²) in [6, 6.07) is 7.99. The molecule has 1 unspecified atom stereocenters. The number of hydrogen-bond donors (Lipinski definition) is 6. The van der Waals surface area contributed by atoms with E-state index in [9.17, 15) is 38.0 Å². The van der Waals surface area contributed by atoms with E-state index in [-0.39, 0.29) is 41.7 Å². The molecule has 0 aliphatic carbocycles. The van der Waals surface area contributed by atoms with Crippen LogP contribution in [0.25, 0.3) is 11.6 Å². The van der Waals surface area contributed by atoms with Crippen molar-refractivity contribution in [2.75, 3.05) is 109 Å². The lowest BCUT2D eigenvalue weighted by Gasteiger charge is -2.34. The predicted octanol–water partition coefficient (Wildman–Crippen LogP) is 1.68. The highest BCUT2D eigenvalue weighted by Crippen LogP contribution is 2.35. The summed E-state index contributed by atoms with van der Waals surface area (Å²) in [6.07, 6.45) is 2.55. The van der Waals surface area contributed by atoms with Gasteiger partial charge >= 0.3 is 0 Å². The molecule has 0 radical (unpaired) electrons. The lowest BCUT2D eigenvalue weighted by atomic mass is 10.0. The molecule has 0 saturated carbocycles. The third-order valence-electron chi connectivity index (χ3n) is 11.9. The van der Waals surface area contributed by atoms with Crippen LogP contribution in [0, 0.1) is 19.7 Å². The number of nitrogens with one attached hydrogen (secondary N) is 6. The maximum Gasteiger partial charge on any atom is 0.264 e. The molecule has 7 amide bonds. The third-order valence-corrected chi connectivity index (χ3v) is 11.9. The van der Waals surface area contributed by atoms with Crippen molar-refractivity contribution in [2.24, 2.45) is 0 Å². The summed E-state index contributed by atoms with van der Waals surface area (Å²) in [7, 11) is 0. The molecule has 1 aromatic heterocycles. The molecule has 0 bridgehead atoms. The average Bonchev–Trinajstić information content (AvgIpc) is 3.86. The zero-order valence-corrected chi connectivity index (χ0v) is 37.1. The van der Waals surface area contributed by atoms with Gasteiger partial charge in [0.05, 0.1) is 68.4 Å². The van der Waals surface area contributed by atoms with E-state index < -0.39 is 35.5 Å². The van der Waals surface area contributed by atoms with Crippen LogP contribution in [0.4, 0.5) is 15.8 Å². The minimum absolute atomic E-state index is 0.0508. The van der Waals surface area contributed by atoms with Gasteiger partial charge in [-0.25, -0.2) is 4.39 Å². The number of nitrogens with zero attached hydrogens (tertiary/aromatic N) is 3. The number of carbonyl (C=O) groups is 7. The molecule has 66 heavy (non-hydrogen) atoms. The van der Waals surface area contributed by atoms with E-state index in [0.29, 0.717) is 111 Å². The van der Waals surface area contributed by atoms with Gasteiger partial charge in [-0.15, -0.1) is 0 Å². The number of rotatable bonds is 22. The van der Waals surface area contributed by atoms with Crippen molar-refractivity contribution in [3.63, 3.8) is 0 Å². The van der Waals surface area contributed by atoms with Crippen LogP contribution in [0.5, 0.6) is 0 Å². The zero-order chi connectivity index (χ0) is 46.7. The van der Waals surface area contributed by atoms with E-state index >= 15 is 0 Å². The smallest absolute Gasteiger partial charge is 0.264 e. The van der Waals surface area contributed by atoms with E-state index in [0.717, 1.165) is 44.0 Å². The van der Waals surface area contributed by atoms with Crippen LogP contribution < -0.4 is 26.6 Å². The lowest BCUT2D eigenvalue weighted by Crippen LogP contribution is -2.54. The number of anilines is 2. The number of fused-ring (bicyclic) bond motifs is 2. The Bertz CT molecular complexity index is 2380. The minimum atomic E-state index is -1.03. The highest BCUT2D eigenvalue weighted by Gasteiger charge is 2.45. The summed E-state index contributed by atoms with van der Waals surface area (Å²) in [5.41, 5.74) is 4.73. The highest BCUT2D eigenvalue weighted by molar-refractivity contribution is 6.35. The second-order valence-electron chi connectivity index (χ2n) is 16.4. The van der Waals surface area contributed by atoms with Crippen molar-refractivity contribution < 1.29 is 52.2 Å². The van der Waals surface area contributed by atoms with Crippen molar-refractivity contribution in [3.8, 4) is 0 Å². The number of ether oxygens (including phenoxy) is 3. The van der Waals surface area contributed by atoms with Gasteiger partial charge in [-0.3, -0.25) is 48.7 Å². The maximum atomic E-state index is 13.9. The van der Waals surface area contributed by atoms with Crippen molar-refractivity contribution in [1.82, 2.24) is 35.6 Å². The number of amides is 7. The van der Waals surface area contributed by atoms with Gasteiger partial charge in [0.15, 0.2) is 0 Å². The number of hydrogen-bond acceptors (Lipinski definition) is 13. The van der Waals surface area contributed by atoms with Gasteiger partial charge in [0.2, 0.25) is 17.7 Å². The molecule has 0 spiro atoms.